The van der Waals surface area contributed by atoms with E-state index in [1.54, 1.807) is 0 Å². The molecule has 0 unspecified atom stereocenters. The zero-order valence-corrected chi connectivity index (χ0v) is 12.2. The molecule has 0 amide bonds. The third-order valence-corrected chi connectivity index (χ3v) is 0.762. The Hall–Kier alpha value is 2.11. The van der Waals surface area contributed by atoms with Gasteiger partial charge in [0.05, 0.1) is 0 Å². The zero-order valence-electron chi connectivity index (χ0n) is 5.91. The summed E-state index contributed by atoms with van der Waals surface area (Å²) in [6.07, 6.45) is 3.33. The first kappa shape index (κ1) is 14.6. The zero-order chi connectivity index (χ0) is 8.41. The summed E-state index contributed by atoms with van der Waals surface area (Å²) in [6, 6.07) is 0. The van der Waals surface area contributed by atoms with Crippen LogP contribution in [0.25, 0.3) is 0 Å². The molecule has 5 heteroatoms. The molecule has 0 bridgehead atoms. The Morgan fingerprint density at radius 3 is 1.70 bits per heavy atom. The average molecular weight is 376 g/mol. The van der Waals surface area contributed by atoms with E-state index in [0.717, 1.165) is 12.8 Å². The Morgan fingerprint density at radius 1 is 1.20 bits per heavy atom. The van der Waals surface area contributed by atoms with E-state index in [1.807, 2.05) is 0 Å². The standard InChI is InChI=1S/C5H12O.3BrH.Ti/c1-2-3-4-5-6;;;;/h6H,2-5H2,1H3;3*1H;/q;;;;+3/p-3. The summed E-state index contributed by atoms with van der Waals surface area (Å²) in [5.41, 5.74) is 0. The molecule has 0 aromatic heterocycles. The van der Waals surface area contributed by atoms with Crippen LogP contribution in [0.4, 0.5) is 0 Å². The number of rotatable bonds is 3. The molecule has 0 aliphatic rings. The van der Waals surface area contributed by atoms with E-state index in [-0.39, 0.29) is 0 Å². The molecule has 0 fully saturated rings. The fourth-order valence-corrected chi connectivity index (χ4v) is 0.362. The summed E-state index contributed by atoms with van der Waals surface area (Å²) in [4.78, 5) is 0. The van der Waals surface area contributed by atoms with Crippen molar-refractivity contribution in [2.45, 2.75) is 26.2 Å². The topological polar surface area (TPSA) is 20.2 Å². The van der Waals surface area contributed by atoms with Gasteiger partial charge in [0.15, 0.2) is 0 Å². The number of halogens is 3. The molecule has 1 N–H and O–H groups in total. The van der Waals surface area contributed by atoms with E-state index in [1.165, 1.54) is 6.42 Å². The molecule has 0 saturated heterocycles. The van der Waals surface area contributed by atoms with Gasteiger partial charge >= 0.3 is 51.1 Å². The van der Waals surface area contributed by atoms with Gasteiger partial charge in [-0.25, -0.2) is 0 Å². The van der Waals surface area contributed by atoms with Gasteiger partial charge in [-0.3, -0.25) is 0 Å². The van der Waals surface area contributed by atoms with Gasteiger partial charge in [-0.15, -0.1) is 0 Å². The monoisotopic (exact) mass is 373 g/mol. The summed E-state index contributed by atoms with van der Waals surface area (Å²) in [5.74, 6) is 0. The van der Waals surface area contributed by atoms with Gasteiger partial charge in [0.1, 0.15) is 0 Å². The van der Waals surface area contributed by atoms with Gasteiger partial charge in [-0.2, -0.15) is 0 Å². The Bertz CT molecular complexity index is 47.4. The number of aliphatic hydroxyl groups excluding tert-OH is 1. The Morgan fingerprint density at radius 2 is 1.60 bits per heavy atom. The summed E-state index contributed by atoms with van der Waals surface area (Å²) in [7, 11) is 0. The van der Waals surface area contributed by atoms with Crippen LogP contribution in [0.3, 0.4) is 0 Å². The van der Waals surface area contributed by atoms with Crippen molar-refractivity contribution in [3.63, 3.8) is 0 Å². The summed E-state index contributed by atoms with van der Waals surface area (Å²) >= 11 is 8.92. The Labute approximate surface area is 87.9 Å². The van der Waals surface area contributed by atoms with Crippen LogP contribution in [-0.4, -0.2) is 11.7 Å². The van der Waals surface area contributed by atoms with Crippen LogP contribution in [0.2, 0.25) is 0 Å². The van der Waals surface area contributed by atoms with Crippen LogP contribution in [0.5, 0.6) is 0 Å². The molecule has 0 aromatic carbocycles. The van der Waals surface area contributed by atoms with Crippen molar-refractivity contribution in [3.05, 3.63) is 0 Å². The average Bonchev–Trinajstić information content (AvgIpc) is 1.82. The predicted molar refractivity (Wildman–Crippen MR) is 53.4 cm³/mol. The first-order valence-electron chi connectivity index (χ1n) is 3.09. The Balaban J connectivity index is 0. The van der Waals surface area contributed by atoms with Crippen molar-refractivity contribution in [3.8, 4) is 0 Å². The molecule has 0 spiro atoms. The summed E-state index contributed by atoms with van der Waals surface area (Å²) in [5, 5.41) is 8.20. The van der Waals surface area contributed by atoms with Gasteiger partial charge in [-0.1, -0.05) is 19.8 Å². The van der Waals surface area contributed by atoms with Crippen molar-refractivity contribution in [1.82, 2.24) is 0 Å². The molecule has 63 valence electrons. The number of aliphatic hydroxyl groups is 1. The molecule has 0 aliphatic carbocycles. The van der Waals surface area contributed by atoms with Gasteiger partial charge in [0.2, 0.25) is 0 Å². The third kappa shape index (κ3) is 32.1. The van der Waals surface area contributed by atoms with Crippen molar-refractivity contribution < 1.29 is 16.7 Å². The molecule has 0 heterocycles. The van der Waals surface area contributed by atoms with E-state index in [4.69, 9.17) is 5.11 Å². The molecule has 0 atom stereocenters. The van der Waals surface area contributed by atoms with E-state index < -0.39 is 11.6 Å². The summed E-state index contributed by atoms with van der Waals surface area (Å²) < 4.78 is 0. The maximum absolute atomic E-state index is 8.20. The van der Waals surface area contributed by atoms with Gasteiger partial charge in [-0.05, 0) is 6.42 Å². The van der Waals surface area contributed by atoms with Crippen molar-refractivity contribution in [2.24, 2.45) is 0 Å². The minimum atomic E-state index is -0.896. The first-order chi connectivity index (χ1) is 4.65. The van der Waals surface area contributed by atoms with E-state index in [9.17, 15) is 0 Å². The van der Waals surface area contributed by atoms with Crippen molar-refractivity contribution in [1.29, 1.82) is 0 Å². The molecular weight excluding hydrogens is 364 g/mol. The van der Waals surface area contributed by atoms with Crippen molar-refractivity contribution >= 4 is 39.5 Å². The summed E-state index contributed by atoms with van der Waals surface area (Å²) in [6.45, 7) is 2.48. The maximum atomic E-state index is 8.20. The minimum absolute atomic E-state index is 0.355. The van der Waals surface area contributed by atoms with Gasteiger partial charge in [0, 0.05) is 6.61 Å². The van der Waals surface area contributed by atoms with Crippen LogP contribution < -0.4 is 0 Å². The second-order valence-corrected chi connectivity index (χ2v) is 25.3. The number of unbranched alkanes of at least 4 members (excludes halogenated alkanes) is 2. The molecular formula is C5H12Br3OTi. The van der Waals surface area contributed by atoms with Crippen LogP contribution in [0.15, 0.2) is 0 Å². The van der Waals surface area contributed by atoms with Crippen LogP contribution in [0.1, 0.15) is 26.2 Å². The van der Waals surface area contributed by atoms with E-state index >= 15 is 0 Å². The van der Waals surface area contributed by atoms with Crippen LogP contribution in [-0.2, 0) is 11.6 Å². The molecule has 0 aromatic rings. The Kier molecular flexibility index (Phi) is 20.0. The van der Waals surface area contributed by atoms with Crippen LogP contribution in [0, 0.1) is 0 Å². The molecule has 0 rings (SSSR count). The normalized spacial score (nSPS) is 8.10. The fraction of sp³-hybridized carbons (Fsp3) is 1.00. The van der Waals surface area contributed by atoms with Crippen LogP contribution >= 0.6 is 39.5 Å². The second kappa shape index (κ2) is 13.7. The van der Waals surface area contributed by atoms with Gasteiger partial charge in [0.25, 0.3) is 0 Å². The quantitative estimate of drug-likeness (QED) is 0.589. The number of hydrogen-bond donors (Lipinski definition) is 1. The molecule has 0 aliphatic heterocycles. The molecule has 10 heavy (non-hydrogen) atoms. The third-order valence-electron chi connectivity index (χ3n) is 0.762. The van der Waals surface area contributed by atoms with Crippen molar-refractivity contribution in [2.75, 3.05) is 6.61 Å². The molecule has 1 nitrogen and oxygen atoms in total. The molecule has 0 saturated carbocycles. The van der Waals surface area contributed by atoms with Gasteiger partial charge < -0.3 is 5.11 Å². The number of hydrogen-bond acceptors (Lipinski definition) is 1. The second-order valence-electron chi connectivity index (χ2n) is 1.64. The SMILES string of the molecule is CCCCCO.[Br][Ti]([Br])[Br]. The predicted octanol–water partition coefficient (Wildman–Crippen LogP) is 3.70. The van der Waals surface area contributed by atoms with E-state index in [0.29, 0.717) is 6.61 Å². The first-order valence-corrected chi connectivity index (χ1v) is 14.7. The van der Waals surface area contributed by atoms with E-state index in [2.05, 4.69) is 46.4 Å². The molecule has 0 radical (unpaired) electrons. The fourth-order valence-electron chi connectivity index (χ4n) is 0.362.